The SMILES string of the molecule is CCNC(=O)[C@@H](C)OC(=O)/C=C/c1ccc(Cl)c(Cl)c1. The molecule has 0 bridgehead atoms. The number of carbonyl (C=O) groups excluding carboxylic acids is 2. The van der Waals surface area contributed by atoms with Crippen molar-refractivity contribution in [3.05, 3.63) is 39.9 Å². The molecule has 0 aromatic heterocycles. The number of rotatable bonds is 5. The molecule has 6 heteroatoms. The minimum atomic E-state index is -0.832. The highest BCUT2D eigenvalue weighted by Gasteiger charge is 2.15. The predicted octanol–water partition coefficient (Wildman–Crippen LogP) is 3.07. The highest BCUT2D eigenvalue weighted by atomic mass is 35.5. The number of benzene rings is 1. The molecule has 0 saturated carbocycles. The summed E-state index contributed by atoms with van der Waals surface area (Å²) in [6.45, 7) is 3.78. The Kier molecular flexibility index (Phi) is 6.55. The summed E-state index contributed by atoms with van der Waals surface area (Å²) < 4.78 is 4.94. The molecule has 1 rings (SSSR count). The zero-order valence-corrected chi connectivity index (χ0v) is 12.7. The monoisotopic (exact) mass is 315 g/mol. The van der Waals surface area contributed by atoms with Gasteiger partial charge in [-0.2, -0.15) is 0 Å². The average Bonchev–Trinajstić information content (AvgIpc) is 2.40. The van der Waals surface area contributed by atoms with Gasteiger partial charge in [0.2, 0.25) is 0 Å². The standard InChI is InChI=1S/C14H15Cl2NO3/c1-3-17-14(19)9(2)20-13(18)7-5-10-4-6-11(15)12(16)8-10/h4-9H,3H2,1-2H3,(H,17,19)/b7-5+/t9-/m1/s1. The maximum absolute atomic E-state index is 11.5. The van der Waals surface area contributed by atoms with Crippen molar-refractivity contribution < 1.29 is 14.3 Å². The second-order valence-electron chi connectivity index (χ2n) is 3.98. The van der Waals surface area contributed by atoms with Gasteiger partial charge in [0.25, 0.3) is 5.91 Å². The molecule has 1 aromatic carbocycles. The first-order chi connectivity index (χ1) is 9.43. The zero-order chi connectivity index (χ0) is 15.1. The quantitative estimate of drug-likeness (QED) is 0.671. The van der Waals surface area contributed by atoms with Gasteiger partial charge in [0.1, 0.15) is 0 Å². The molecule has 0 unspecified atom stereocenters. The van der Waals surface area contributed by atoms with Crippen LogP contribution in [-0.4, -0.2) is 24.5 Å². The number of carbonyl (C=O) groups is 2. The number of esters is 1. The topological polar surface area (TPSA) is 55.4 Å². The summed E-state index contributed by atoms with van der Waals surface area (Å²) in [6, 6.07) is 4.97. The van der Waals surface area contributed by atoms with Gasteiger partial charge in [-0.1, -0.05) is 29.3 Å². The van der Waals surface area contributed by atoms with Crippen molar-refractivity contribution in [2.45, 2.75) is 20.0 Å². The van der Waals surface area contributed by atoms with Crippen LogP contribution in [0.1, 0.15) is 19.4 Å². The number of ether oxygens (including phenoxy) is 1. The van der Waals surface area contributed by atoms with Gasteiger partial charge in [0.05, 0.1) is 10.0 Å². The Bertz CT molecular complexity index is 529. The first-order valence-electron chi connectivity index (χ1n) is 6.05. The lowest BCUT2D eigenvalue weighted by Crippen LogP contribution is -2.35. The normalized spacial score (nSPS) is 12.2. The molecule has 0 saturated heterocycles. The van der Waals surface area contributed by atoms with E-state index in [9.17, 15) is 9.59 Å². The number of halogens is 2. The minimum Gasteiger partial charge on any atom is -0.449 e. The Hall–Kier alpha value is -1.52. The summed E-state index contributed by atoms with van der Waals surface area (Å²) in [5, 5.41) is 3.41. The first-order valence-corrected chi connectivity index (χ1v) is 6.81. The fraction of sp³-hybridized carbons (Fsp3) is 0.286. The van der Waals surface area contributed by atoms with Crippen LogP contribution in [0.3, 0.4) is 0 Å². The molecule has 1 atom stereocenters. The van der Waals surface area contributed by atoms with E-state index >= 15 is 0 Å². The summed E-state index contributed by atoms with van der Waals surface area (Å²) in [6.07, 6.45) is 1.94. The summed E-state index contributed by atoms with van der Waals surface area (Å²) in [5.74, 6) is -0.932. The Morgan fingerprint density at radius 3 is 2.65 bits per heavy atom. The lowest BCUT2D eigenvalue weighted by molar-refractivity contribution is -0.150. The molecular formula is C14H15Cl2NO3. The van der Waals surface area contributed by atoms with Crippen LogP contribution in [0.5, 0.6) is 0 Å². The molecule has 0 heterocycles. The van der Waals surface area contributed by atoms with Crippen molar-refractivity contribution in [3.63, 3.8) is 0 Å². The van der Waals surface area contributed by atoms with Gasteiger partial charge in [0, 0.05) is 12.6 Å². The molecule has 0 aliphatic heterocycles. The molecular weight excluding hydrogens is 301 g/mol. The average molecular weight is 316 g/mol. The molecule has 1 aromatic rings. The van der Waals surface area contributed by atoms with Gasteiger partial charge in [-0.25, -0.2) is 4.79 Å². The number of amides is 1. The van der Waals surface area contributed by atoms with Gasteiger partial charge >= 0.3 is 5.97 Å². The van der Waals surface area contributed by atoms with Gasteiger partial charge in [-0.15, -0.1) is 0 Å². The molecule has 4 nitrogen and oxygen atoms in total. The van der Waals surface area contributed by atoms with E-state index in [1.54, 1.807) is 25.1 Å². The van der Waals surface area contributed by atoms with Crippen molar-refractivity contribution in [2.24, 2.45) is 0 Å². The molecule has 1 N–H and O–H groups in total. The highest BCUT2D eigenvalue weighted by molar-refractivity contribution is 6.42. The lowest BCUT2D eigenvalue weighted by Gasteiger charge is -2.10. The van der Waals surface area contributed by atoms with Crippen molar-refractivity contribution in [1.82, 2.24) is 5.32 Å². The summed E-state index contributed by atoms with van der Waals surface area (Å²) in [5.41, 5.74) is 0.710. The minimum absolute atomic E-state index is 0.330. The van der Waals surface area contributed by atoms with Crippen molar-refractivity contribution >= 4 is 41.2 Å². The molecule has 0 aliphatic rings. The van der Waals surface area contributed by atoms with Gasteiger partial charge in [-0.05, 0) is 37.6 Å². The molecule has 0 aliphatic carbocycles. The third kappa shape index (κ3) is 5.23. The predicted molar refractivity (Wildman–Crippen MR) is 79.7 cm³/mol. The van der Waals surface area contributed by atoms with Crippen molar-refractivity contribution in [2.75, 3.05) is 6.54 Å². The van der Waals surface area contributed by atoms with Crippen LogP contribution in [0.4, 0.5) is 0 Å². The van der Waals surface area contributed by atoms with E-state index in [0.717, 1.165) is 0 Å². The fourth-order valence-electron chi connectivity index (χ4n) is 1.37. The van der Waals surface area contributed by atoms with Crippen LogP contribution in [0.2, 0.25) is 10.0 Å². The van der Waals surface area contributed by atoms with Crippen LogP contribution >= 0.6 is 23.2 Å². The molecule has 0 radical (unpaired) electrons. The molecule has 20 heavy (non-hydrogen) atoms. The molecule has 0 spiro atoms. The van der Waals surface area contributed by atoms with Crippen LogP contribution in [-0.2, 0) is 14.3 Å². The van der Waals surface area contributed by atoms with E-state index in [-0.39, 0.29) is 5.91 Å². The largest absolute Gasteiger partial charge is 0.449 e. The van der Waals surface area contributed by atoms with Crippen molar-refractivity contribution in [1.29, 1.82) is 0 Å². The number of likely N-dealkylation sites (N-methyl/N-ethyl adjacent to an activating group) is 1. The lowest BCUT2D eigenvalue weighted by atomic mass is 10.2. The highest BCUT2D eigenvalue weighted by Crippen LogP contribution is 2.23. The van der Waals surface area contributed by atoms with Crippen LogP contribution in [0.15, 0.2) is 24.3 Å². The van der Waals surface area contributed by atoms with Crippen molar-refractivity contribution in [3.8, 4) is 0 Å². The molecule has 0 fully saturated rings. The second-order valence-corrected chi connectivity index (χ2v) is 4.79. The molecule has 1 amide bonds. The van der Waals surface area contributed by atoms with E-state index in [1.165, 1.54) is 19.1 Å². The van der Waals surface area contributed by atoms with Gasteiger partial charge in [0.15, 0.2) is 6.10 Å². The molecule has 108 valence electrons. The maximum Gasteiger partial charge on any atom is 0.331 e. The second kappa shape index (κ2) is 7.92. The number of nitrogens with one attached hydrogen (secondary N) is 1. The smallest absolute Gasteiger partial charge is 0.331 e. The number of hydrogen-bond donors (Lipinski definition) is 1. The summed E-state index contributed by atoms with van der Waals surface area (Å²) in [4.78, 5) is 22.9. The number of hydrogen-bond acceptors (Lipinski definition) is 3. The van der Waals surface area contributed by atoms with E-state index < -0.39 is 12.1 Å². The Labute approximate surface area is 127 Å². The Morgan fingerprint density at radius 2 is 2.05 bits per heavy atom. The van der Waals surface area contributed by atoms with Crippen LogP contribution in [0, 0.1) is 0 Å². The van der Waals surface area contributed by atoms with Crippen LogP contribution in [0.25, 0.3) is 6.08 Å². The van der Waals surface area contributed by atoms with E-state index in [0.29, 0.717) is 22.2 Å². The fourth-order valence-corrected chi connectivity index (χ4v) is 1.67. The third-order valence-corrected chi connectivity index (χ3v) is 3.11. The van der Waals surface area contributed by atoms with Crippen LogP contribution < -0.4 is 5.32 Å². The summed E-state index contributed by atoms with van der Waals surface area (Å²) in [7, 11) is 0. The zero-order valence-electron chi connectivity index (χ0n) is 11.2. The van der Waals surface area contributed by atoms with Gasteiger partial charge in [-0.3, -0.25) is 4.79 Å². The van der Waals surface area contributed by atoms with Gasteiger partial charge < -0.3 is 10.1 Å². The maximum atomic E-state index is 11.5. The van der Waals surface area contributed by atoms with E-state index in [4.69, 9.17) is 27.9 Å². The Morgan fingerprint density at radius 1 is 1.35 bits per heavy atom. The first kappa shape index (κ1) is 16.5. The van der Waals surface area contributed by atoms with E-state index in [2.05, 4.69) is 5.32 Å². The Balaban J connectivity index is 2.59. The third-order valence-electron chi connectivity index (χ3n) is 2.37. The van der Waals surface area contributed by atoms with E-state index in [1.807, 2.05) is 0 Å². The summed E-state index contributed by atoms with van der Waals surface area (Å²) >= 11 is 11.6.